The second-order valence-corrected chi connectivity index (χ2v) is 6.96. The summed E-state index contributed by atoms with van der Waals surface area (Å²) in [4.78, 5) is 23.5. The summed E-state index contributed by atoms with van der Waals surface area (Å²) < 4.78 is 15.0. The van der Waals surface area contributed by atoms with Gasteiger partial charge >= 0.3 is 0 Å². The van der Waals surface area contributed by atoms with E-state index >= 15 is 4.39 Å². The number of hydrogen-bond acceptors (Lipinski definition) is 5. The van der Waals surface area contributed by atoms with Crippen LogP contribution in [0, 0.1) is 17.1 Å². The highest BCUT2D eigenvalue weighted by atomic mass is 35.5. The Hall–Kier alpha value is -4.09. The number of benzene rings is 2. The average Bonchev–Trinajstić information content (AvgIpc) is 3.22. The minimum atomic E-state index is -0.719. The zero-order valence-electron chi connectivity index (χ0n) is 15.1. The highest BCUT2D eigenvalue weighted by Crippen LogP contribution is 2.35. The number of nitriles is 1. The van der Waals surface area contributed by atoms with Gasteiger partial charge in [0.1, 0.15) is 23.1 Å². The topological polar surface area (TPSA) is 111 Å². The molecule has 0 aliphatic rings. The van der Waals surface area contributed by atoms with Crippen molar-refractivity contribution in [2.75, 3.05) is 0 Å². The van der Waals surface area contributed by atoms with E-state index in [1.807, 2.05) is 12.1 Å². The van der Waals surface area contributed by atoms with E-state index in [9.17, 15) is 10.1 Å². The molecular formula is C21H10ClFN6O. The zero-order chi connectivity index (χ0) is 20.8. The lowest BCUT2D eigenvalue weighted by Gasteiger charge is -2.12. The molecule has 5 rings (SSSR count). The number of hydrogen-bond donors (Lipinski definition) is 2. The molecule has 0 atom stereocenters. The van der Waals surface area contributed by atoms with Gasteiger partial charge in [-0.25, -0.2) is 14.4 Å². The molecule has 3 aromatic heterocycles. The van der Waals surface area contributed by atoms with Crippen LogP contribution < -0.4 is 5.56 Å². The molecule has 0 fully saturated rings. The van der Waals surface area contributed by atoms with E-state index in [0.29, 0.717) is 27.3 Å². The predicted octanol–water partition coefficient (Wildman–Crippen LogP) is 4.19. The van der Waals surface area contributed by atoms with Gasteiger partial charge in [0.15, 0.2) is 5.65 Å². The van der Waals surface area contributed by atoms with Crippen LogP contribution in [0.5, 0.6) is 0 Å². The lowest BCUT2D eigenvalue weighted by atomic mass is 10.0. The number of fused-ring (bicyclic) bond motifs is 2. The molecule has 0 saturated heterocycles. The molecule has 0 bridgehead atoms. The average molecular weight is 417 g/mol. The Bertz CT molecular complexity index is 1570. The van der Waals surface area contributed by atoms with E-state index in [4.69, 9.17) is 11.6 Å². The van der Waals surface area contributed by atoms with Gasteiger partial charge in [0.2, 0.25) is 5.56 Å². The highest BCUT2D eigenvalue weighted by molar-refractivity contribution is 6.35. The van der Waals surface area contributed by atoms with Crippen LogP contribution in [-0.2, 0) is 0 Å². The van der Waals surface area contributed by atoms with Crippen molar-refractivity contribution in [2.45, 2.75) is 0 Å². The van der Waals surface area contributed by atoms with Gasteiger partial charge in [-0.05, 0) is 30.3 Å². The largest absolute Gasteiger partial charge is 0.305 e. The van der Waals surface area contributed by atoms with Crippen LogP contribution in [0.2, 0.25) is 5.02 Å². The van der Waals surface area contributed by atoms with Crippen LogP contribution in [0.1, 0.15) is 5.56 Å². The number of aromatic amines is 2. The summed E-state index contributed by atoms with van der Waals surface area (Å²) in [5.74, 6) is -0.719. The molecule has 0 radical (unpaired) electrons. The Morgan fingerprint density at radius 1 is 1.10 bits per heavy atom. The summed E-state index contributed by atoms with van der Waals surface area (Å²) in [6.45, 7) is 0. The summed E-state index contributed by atoms with van der Waals surface area (Å²) in [7, 11) is 0. The van der Waals surface area contributed by atoms with Crippen molar-refractivity contribution in [3.8, 4) is 28.6 Å². The fourth-order valence-corrected chi connectivity index (χ4v) is 3.58. The summed E-state index contributed by atoms with van der Waals surface area (Å²) in [6.07, 6.45) is 1.62. The molecule has 0 amide bonds. The SMILES string of the molecule is N#Cc1cccc(-c2nc3[nH]c(=O)ccc3nc2-c2cc(Cl)c3[nH]ncc3c2)c1F. The van der Waals surface area contributed by atoms with Crippen LogP contribution >= 0.6 is 11.6 Å². The van der Waals surface area contributed by atoms with E-state index in [-0.39, 0.29) is 28.0 Å². The number of nitrogens with one attached hydrogen (secondary N) is 2. The molecule has 0 aliphatic carbocycles. The molecule has 2 aromatic carbocycles. The Balaban J connectivity index is 1.88. The molecule has 0 saturated carbocycles. The monoisotopic (exact) mass is 416 g/mol. The maximum absolute atomic E-state index is 15.0. The predicted molar refractivity (Wildman–Crippen MR) is 110 cm³/mol. The van der Waals surface area contributed by atoms with Gasteiger partial charge in [-0.1, -0.05) is 17.7 Å². The molecule has 30 heavy (non-hydrogen) atoms. The maximum Gasteiger partial charge on any atom is 0.249 e. The maximum atomic E-state index is 15.0. The number of halogens is 2. The van der Waals surface area contributed by atoms with Crippen LogP contribution in [0.15, 0.2) is 53.5 Å². The first kappa shape index (κ1) is 18.0. The summed E-state index contributed by atoms with van der Waals surface area (Å²) >= 11 is 6.39. The van der Waals surface area contributed by atoms with E-state index in [1.54, 1.807) is 18.3 Å². The van der Waals surface area contributed by atoms with Crippen molar-refractivity contribution in [2.24, 2.45) is 0 Å². The van der Waals surface area contributed by atoms with E-state index in [1.165, 1.54) is 24.3 Å². The third-order valence-corrected chi connectivity index (χ3v) is 5.00. The molecule has 144 valence electrons. The molecule has 9 heteroatoms. The quantitative estimate of drug-likeness (QED) is 0.448. The van der Waals surface area contributed by atoms with E-state index in [2.05, 4.69) is 25.1 Å². The van der Waals surface area contributed by atoms with Crippen LogP contribution in [0.4, 0.5) is 4.39 Å². The Morgan fingerprint density at radius 3 is 2.80 bits per heavy atom. The minimum absolute atomic E-state index is 0.0894. The third-order valence-electron chi connectivity index (χ3n) is 4.71. The summed E-state index contributed by atoms with van der Waals surface area (Å²) in [6, 6.07) is 12.6. The van der Waals surface area contributed by atoms with Gasteiger partial charge in [0.05, 0.1) is 28.0 Å². The van der Waals surface area contributed by atoms with E-state index in [0.717, 1.165) is 5.39 Å². The minimum Gasteiger partial charge on any atom is -0.305 e. The van der Waals surface area contributed by atoms with E-state index < -0.39 is 5.82 Å². The molecule has 3 heterocycles. The van der Waals surface area contributed by atoms with Crippen LogP contribution in [0.25, 0.3) is 44.6 Å². The standard InChI is InChI=1S/C21H10ClFN6O/c22-14-7-11(6-12-9-25-29-18(12)14)19-20(13-3-1-2-10(8-24)17(13)23)28-21-15(26-19)4-5-16(30)27-21/h1-7,9H,(H,25,29)(H,27,28,30). The number of rotatable bonds is 2. The highest BCUT2D eigenvalue weighted by Gasteiger charge is 2.20. The normalized spacial score (nSPS) is 11.1. The van der Waals surface area contributed by atoms with Gasteiger partial charge in [-0.2, -0.15) is 10.4 Å². The first-order chi connectivity index (χ1) is 14.5. The second kappa shape index (κ2) is 6.76. The Morgan fingerprint density at radius 2 is 1.97 bits per heavy atom. The molecule has 2 N–H and O–H groups in total. The second-order valence-electron chi connectivity index (χ2n) is 6.55. The zero-order valence-corrected chi connectivity index (χ0v) is 15.8. The van der Waals surface area contributed by atoms with Crippen molar-refractivity contribution in [3.63, 3.8) is 0 Å². The smallest absolute Gasteiger partial charge is 0.249 e. The molecule has 0 spiro atoms. The first-order valence-corrected chi connectivity index (χ1v) is 9.16. The molecule has 7 nitrogen and oxygen atoms in total. The Labute approximate surface area is 172 Å². The molecule has 0 unspecified atom stereocenters. The number of H-pyrrole nitrogens is 2. The van der Waals surface area contributed by atoms with Gasteiger partial charge in [0.25, 0.3) is 0 Å². The third kappa shape index (κ3) is 2.80. The lowest BCUT2D eigenvalue weighted by Crippen LogP contribution is -2.06. The van der Waals surface area contributed by atoms with Crippen LogP contribution in [-0.4, -0.2) is 25.1 Å². The molecule has 5 aromatic rings. The summed E-state index contributed by atoms with van der Waals surface area (Å²) in [5, 5.41) is 17.2. The molecule has 0 aliphatic heterocycles. The van der Waals surface area contributed by atoms with Crippen molar-refractivity contribution < 1.29 is 4.39 Å². The summed E-state index contributed by atoms with van der Waals surface area (Å²) in [5.41, 5.74) is 2.03. The van der Waals surface area contributed by atoms with Crippen molar-refractivity contribution in [1.29, 1.82) is 5.26 Å². The van der Waals surface area contributed by atoms with Gasteiger partial charge in [-0.15, -0.1) is 0 Å². The Kier molecular flexibility index (Phi) is 4.05. The number of aromatic nitrogens is 5. The number of nitrogens with zero attached hydrogens (tertiary/aromatic N) is 4. The van der Waals surface area contributed by atoms with Crippen molar-refractivity contribution in [3.05, 3.63) is 75.4 Å². The first-order valence-electron chi connectivity index (χ1n) is 8.78. The fraction of sp³-hybridized carbons (Fsp3) is 0. The van der Waals surface area contributed by atoms with Gasteiger partial charge in [0, 0.05) is 22.6 Å². The van der Waals surface area contributed by atoms with Crippen molar-refractivity contribution in [1.82, 2.24) is 25.1 Å². The lowest BCUT2D eigenvalue weighted by molar-refractivity contribution is 0.627. The molecular weight excluding hydrogens is 407 g/mol. The van der Waals surface area contributed by atoms with Crippen molar-refractivity contribution >= 4 is 33.7 Å². The number of pyridine rings is 1. The van der Waals surface area contributed by atoms with Crippen LogP contribution in [0.3, 0.4) is 0 Å². The van der Waals surface area contributed by atoms with Gasteiger partial charge in [-0.3, -0.25) is 9.89 Å². The van der Waals surface area contributed by atoms with Gasteiger partial charge < -0.3 is 4.98 Å². The fourth-order valence-electron chi connectivity index (χ4n) is 3.31.